The summed E-state index contributed by atoms with van der Waals surface area (Å²) in [5.41, 5.74) is -1.21. The molecule has 7 nitrogen and oxygen atoms in total. The number of β-amino-alcohol motifs (C(OH)–C–C–N with tert-alkyl or cyclic N) is 1. The Hall–Kier alpha value is -1.15. The zero-order chi connectivity index (χ0) is 24.6. The van der Waals surface area contributed by atoms with E-state index in [1.54, 1.807) is 0 Å². The van der Waals surface area contributed by atoms with Crippen LogP contribution in [0.5, 0.6) is 0 Å². The van der Waals surface area contributed by atoms with Crippen molar-refractivity contribution in [3.63, 3.8) is 0 Å². The quantitative estimate of drug-likeness (QED) is 0.258. The lowest BCUT2D eigenvalue weighted by molar-refractivity contribution is -0.143. The minimum Gasteiger partial charge on any atom is -0.481 e. The second kappa shape index (κ2) is 12.7. The van der Waals surface area contributed by atoms with E-state index in [9.17, 15) is 20.1 Å². The number of piperidine rings is 2. The molecule has 2 saturated heterocycles. The first-order chi connectivity index (χ1) is 16.2. The molecule has 0 saturated carbocycles. The van der Waals surface area contributed by atoms with Gasteiger partial charge in [-0.25, -0.2) is 0 Å². The van der Waals surface area contributed by atoms with Gasteiger partial charge in [0.15, 0.2) is 0 Å². The number of carboxylic acid groups (broad SMARTS) is 1. The van der Waals surface area contributed by atoms with Gasteiger partial charge >= 0.3 is 5.97 Å². The molecule has 0 bridgehead atoms. The van der Waals surface area contributed by atoms with Crippen LogP contribution in [0.2, 0.25) is 0 Å². The topological polar surface area (TPSA) is 105 Å². The van der Waals surface area contributed by atoms with Gasteiger partial charge in [-0.05, 0) is 84.0 Å². The molecule has 34 heavy (non-hydrogen) atoms. The van der Waals surface area contributed by atoms with Gasteiger partial charge in [0.1, 0.15) is 0 Å². The summed E-state index contributed by atoms with van der Waals surface area (Å²) >= 11 is 0. The molecule has 7 heteroatoms. The van der Waals surface area contributed by atoms with E-state index in [2.05, 4.69) is 41.7 Å². The number of nitrogens with one attached hydrogen (secondary N) is 2. The van der Waals surface area contributed by atoms with Crippen LogP contribution < -0.4 is 10.6 Å². The number of aliphatic hydroxyl groups is 2. The number of nitrogens with zero attached hydrogens (tertiary/aromatic N) is 1. The van der Waals surface area contributed by atoms with Crippen LogP contribution in [-0.2, 0) is 4.79 Å². The van der Waals surface area contributed by atoms with Gasteiger partial charge in [0, 0.05) is 18.1 Å². The molecule has 3 rings (SSSR count). The number of carboxylic acids is 1. The van der Waals surface area contributed by atoms with E-state index in [1.807, 2.05) is 0 Å². The molecule has 5 N–H and O–H groups in total. The highest BCUT2D eigenvalue weighted by Crippen LogP contribution is 2.33. The normalized spacial score (nSPS) is 30.5. The molecule has 196 valence electrons. The molecular formula is C27H49N3O4. The number of rotatable bonds is 13. The number of unbranched alkanes of at least 4 members (excludes halogenated alkanes) is 4. The summed E-state index contributed by atoms with van der Waals surface area (Å²) in [6.45, 7) is 6.56. The highest BCUT2D eigenvalue weighted by atomic mass is 16.4. The molecule has 0 aromatic carbocycles. The highest BCUT2D eigenvalue weighted by molar-refractivity contribution is 5.68. The molecule has 0 amide bonds. The van der Waals surface area contributed by atoms with E-state index in [-0.39, 0.29) is 24.1 Å². The van der Waals surface area contributed by atoms with Crippen molar-refractivity contribution in [2.75, 3.05) is 19.6 Å². The first-order valence-electron chi connectivity index (χ1n) is 13.7. The van der Waals surface area contributed by atoms with Crippen LogP contribution in [0.1, 0.15) is 97.3 Å². The Kier molecular flexibility index (Phi) is 10.3. The van der Waals surface area contributed by atoms with Gasteiger partial charge in [0.05, 0.1) is 24.2 Å². The molecule has 0 aromatic rings. The van der Waals surface area contributed by atoms with Gasteiger partial charge < -0.3 is 30.9 Å². The largest absolute Gasteiger partial charge is 0.481 e. The Morgan fingerprint density at radius 2 is 1.88 bits per heavy atom. The zero-order valence-electron chi connectivity index (χ0n) is 21.5. The van der Waals surface area contributed by atoms with Gasteiger partial charge in [0.2, 0.25) is 0 Å². The van der Waals surface area contributed by atoms with E-state index >= 15 is 0 Å². The molecule has 2 fully saturated rings. The molecule has 0 aromatic heterocycles. The van der Waals surface area contributed by atoms with Crippen LogP contribution in [0.4, 0.5) is 0 Å². The lowest BCUT2D eigenvalue weighted by Crippen LogP contribution is -2.55. The van der Waals surface area contributed by atoms with Gasteiger partial charge in [-0.1, -0.05) is 38.2 Å². The number of carbonyl (C=O) groups is 1. The Morgan fingerprint density at radius 1 is 1.18 bits per heavy atom. The third-order valence-corrected chi connectivity index (χ3v) is 8.60. The van der Waals surface area contributed by atoms with Crippen molar-refractivity contribution in [2.24, 2.45) is 5.92 Å². The number of aliphatic hydroxyl groups excluding tert-OH is 1. The second-order valence-electron chi connectivity index (χ2n) is 11.6. The van der Waals surface area contributed by atoms with Crippen LogP contribution in [-0.4, -0.2) is 75.2 Å². The fourth-order valence-electron chi connectivity index (χ4n) is 6.09. The van der Waals surface area contributed by atoms with Gasteiger partial charge in [-0.2, -0.15) is 0 Å². The molecule has 0 spiro atoms. The standard InChI is InChI=1S/C27H49N3O4/c1-21-24(31)10-9-23-18-22(11-17-30(21)23)8-6-4-3-5-7-12-27(34,19-25(32)33)20-29-26(2)13-15-28-16-14-26/h11,17,21-24,28-29,31,34H,3-10,12-16,18-20H2,1-2H3,(H,32,33). The Labute approximate surface area is 206 Å². The van der Waals surface area contributed by atoms with E-state index in [4.69, 9.17) is 0 Å². The maximum absolute atomic E-state index is 11.4. The molecule has 3 heterocycles. The van der Waals surface area contributed by atoms with Crippen molar-refractivity contribution < 1.29 is 20.1 Å². The predicted molar refractivity (Wildman–Crippen MR) is 136 cm³/mol. The number of hydrogen-bond acceptors (Lipinski definition) is 6. The SMILES string of the molecule is CC1C(O)CCC2CC(CCCCCCCC(O)(CNC3(C)CCNCC3)CC(=O)O)C=CN21. The van der Waals surface area contributed by atoms with Crippen LogP contribution in [0.3, 0.4) is 0 Å². The van der Waals surface area contributed by atoms with Crippen molar-refractivity contribution in [2.45, 2.75) is 127 Å². The van der Waals surface area contributed by atoms with Crippen LogP contribution in [0.15, 0.2) is 12.3 Å². The summed E-state index contributed by atoms with van der Waals surface area (Å²) in [5, 5.41) is 37.3. The minimum absolute atomic E-state index is 0.0300. The van der Waals surface area contributed by atoms with Crippen molar-refractivity contribution in [1.29, 1.82) is 0 Å². The molecule has 3 aliphatic rings. The van der Waals surface area contributed by atoms with Crippen LogP contribution >= 0.6 is 0 Å². The van der Waals surface area contributed by atoms with Crippen molar-refractivity contribution in [3.05, 3.63) is 12.3 Å². The van der Waals surface area contributed by atoms with Crippen molar-refractivity contribution in [1.82, 2.24) is 15.5 Å². The Bertz CT molecular complexity index is 666. The number of aliphatic carboxylic acids is 1. The molecular weight excluding hydrogens is 430 g/mol. The lowest BCUT2D eigenvalue weighted by atomic mass is 9.83. The van der Waals surface area contributed by atoms with Crippen molar-refractivity contribution in [3.8, 4) is 0 Å². The van der Waals surface area contributed by atoms with Gasteiger partial charge in [-0.15, -0.1) is 0 Å². The molecule has 5 atom stereocenters. The number of fused-ring (bicyclic) bond motifs is 1. The molecule has 0 radical (unpaired) electrons. The summed E-state index contributed by atoms with van der Waals surface area (Å²) in [5.74, 6) is -0.285. The summed E-state index contributed by atoms with van der Waals surface area (Å²) in [6, 6.07) is 0.814. The van der Waals surface area contributed by atoms with E-state index < -0.39 is 11.6 Å². The van der Waals surface area contributed by atoms with E-state index in [0.717, 1.165) is 58.0 Å². The fraction of sp³-hybridized carbons (Fsp3) is 0.889. The third-order valence-electron chi connectivity index (χ3n) is 8.60. The summed E-state index contributed by atoms with van der Waals surface area (Å²) < 4.78 is 0. The highest BCUT2D eigenvalue weighted by Gasteiger charge is 2.35. The minimum atomic E-state index is -1.18. The predicted octanol–water partition coefficient (Wildman–Crippen LogP) is 3.40. The van der Waals surface area contributed by atoms with Crippen molar-refractivity contribution >= 4 is 5.97 Å². The zero-order valence-corrected chi connectivity index (χ0v) is 21.5. The maximum atomic E-state index is 11.4. The van der Waals surface area contributed by atoms with Crippen LogP contribution in [0.25, 0.3) is 0 Å². The molecule has 5 unspecified atom stereocenters. The first-order valence-corrected chi connectivity index (χ1v) is 13.7. The van der Waals surface area contributed by atoms with E-state index in [0.29, 0.717) is 24.9 Å². The Balaban J connectivity index is 1.31. The average Bonchev–Trinajstić information content (AvgIpc) is 2.80. The fourth-order valence-corrected chi connectivity index (χ4v) is 6.09. The monoisotopic (exact) mass is 479 g/mol. The average molecular weight is 480 g/mol. The maximum Gasteiger partial charge on any atom is 0.306 e. The third kappa shape index (κ3) is 8.21. The number of hydrogen-bond donors (Lipinski definition) is 5. The van der Waals surface area contributed by atoms with Crippen LogP contribution in [0, 0.1) is 5.92 Å². The lowest BCUT2D eigenvalue weighted by Gasteiger charge is -2.46. The molecule has 0 aliphatic carbocycles. The summed E-state index contributed by atoms with van der Waals surface area (Å²) in [7, 11) is 0. The smallest absolute Gasteiger partial charge is 0.306 e. The van der Waals surface area contributed by atoms with Gasteiger partial charge in [0.25, 0.3) is 0 Å². The number of allylic oxidation sites excluding steroid dienone is 1. The summed E-state index contributed by atoms with van der Waals surface area (Å²) in [4.78, 5) is 13.7. The van der Waals surface area contributed by atoms with Gasteiger partial charge in [-0.3, -0.25) is 4.79 Å². The molecule has 3 aliphatic heterocycles. The first kappa shape index (κ1) is 27.4. The second-order valence-corrected chi connectivity index (χ2v) is 11.6. The Morgan fingerprint density at radius 3 is 2.62 bits per heavy atom. The van der Waals surface area contributed by atoms with E-state index in [1.165, 1.54) is 25.7 Å². The summed E-state index contributed by atoms with van der Waals surface area (Å²) in [6.07, 6.45) is 16.6.